The second kappa shape index (κ2) is 9.27. The molecule has 1 aromatic carbocycles. The summed E-state index contributed by atoms with van der Waals surface area (Å²) in [5.74, 6) is 0.301. The summed E-state index contributed by atoms with van der Waals surface area (Å²) in [7, 11) is 0. The van der Waals surface area contributed by atoms with Crippen molar-refractivity contribution in [2.75, 3.05) is 63.8 Å². The number of thiophene rings is 1. The van der Waals surface area contributed by atoms with Gasteiger partial charge in [-0.25, -0.2) is 0 Å². The van der Waals surface area contributed by atoms with Crippen LogP contribution in [0.2, 0.25) is 5.02 Å². The van der Waals surface area contributed by atoms with Crippen molar-refractivity contribution in [1.82, 2.24) is 4.90 Å². The molecule has 2 aliphatic rings. The molecule has 0 spiro atoms. The molecule has 2 fully saturated rings. The summed E-state index contributed by atoms with van der Waals surface area (Å²) < 4.78 is 0. The van der Waals surface area contributed by atoms with Gasteiger partial charge < -0.3 is 19.6 Å². The highest BCUT2D eigenvalue weighted by molar-refractivity contribution is 7.09. The maximum Gasteiger partial charge on any atom is 0.277 e. The van der Waals surface area contributed by atoms with Crippen LogP contribution in [0, 0.1) is 0 Å². The molecule has 7 heteroatoms. The van der Waals surface area contributed by atoms with Crippen molar-refractivity contribution >= 4 is 34.5 Å². The van der Waals surface area contributed by atoms with E-state index in [9.17, 15) is 4.79 Å². The third-order valence-corrected chi connectivity index (χ3v) is 7.09. The van der Waals surface area contributed by atoms with E-state index in [0.29, 0.717) is 12.5 Å². The number of benzene rings is 1. The molecule has 150 valence electrons. The van der Waals surface area contributed by atoms with Gasteiger partial charge in [0.2, 0.25) is 0 Å². The maximum absolute atomic E-state index is 12.8. The smallest absolute Gasteiger partial charge is 0.277 e. The standard InChI is InChI=1S/C21H27ClN4OS/c22-19-5-1-2-6-20(19)25-11-13-26(14-12-25)21(27)17-24-9-7-23(8-10-24)16-18-4-3-15-28-18/h1-6,15H,7-14,16-17H2/p+2. The van der Waals surface area contributed by atoms with Gasteiger partial charge in [0, 0.05) is 26.2 Å². The number of hydrogen-bond donors (Lipinski definition) is 2. The fourth-order valence-corrected chi connectivity index (χ4v) is 5.23. The highest BCUT2D eigenvalue weighted by Crippen LogP contribution is 2.25. The quantitative estimate of drug-likeness (QED) is 0.715. The summed E-state index contributed by atoms with van der Waals surface area (Å²) in [6, 6.07) is 12.3. The van der Waals surface area contributed by atoms with Gasteiger partial charge in [-0.1, -0.05) is 29.8 Å². The zero-order chi connectivity index (χ0) is 19.3. The van der Waals surface area contributed by atoms with E-state index in [1.165, 1.54) is 9.78 Å². The molecule has 0 radical (unpaired) electrons. The van der Waals surface area contributed by atoms with Crippen molar-refractivity contribution in [2.24, 2.45) is 0 Å². The van der Waals surface area contributed by atoms with Gasteiger partial charge in [-0.15, -0.1) is 11.3 Å². The summed E-state index contributed by atoms with van der Waals surface area (Å²) in [5, 5.41) is 2.94. The first-order valence-corrected chi connectivity index (χ1v) is 11.4. The zero-order valence-corrected chi connectivity index (χ0v) is 17.8. The molecule has 5 nitrogen and oxygen atoms in total. The number of carbonyl (C=O) groups is 1. The van der Waals surface area contributed by atoms with Crippen LogP contribution in [-0.2, 0) is 11.3 Å². The fourth-order valence-electron chi connectivity index (χ4n) is 4.20. The third-order valence-electron chi connectivity index (χ3n) is 5.90. The maximum atomic E-state index is 12.8. The lowest BCUT2D eigenvalue weighted by Gasteiger charge is -2.37. The molecule has 3 heterocycles. The van der Waals surface area contributed by atoms with Gasteiger partial charge in [0.05, 0.1) is 15.6 Å². The number of quaternary nitrogens is 2. The first-order valence-electron chi connectivity index (χ1n) is 10.2. The Bertz CT molecular complexity index is 768. The summed E-state index contributed by atoms with van der Waals surface area (Å²) in [6.07, 6.45) is 0. The van der Waals surface area contributed by atoms with Crippen LogP contribution >= 0.6 is 22.9 Å². The number of nitrogens with zero attached hydrogens (tertiary/aromatic N) is 2. The molecule has 2 aliphatic heterocycles. The average molecular weight is 421 g/mol. The number of halogens is 1. The molecular formula is C21H29ClN4OS+2. The van der Waals surface area contributed by atoms with Gasteiger partial charge in [-0.2, -0.15) is 0 Å². The Morgan fingerprint density at radius 3 is 2.36 bits per heavy atom. The normalized spacial score (nSPS) is 23.0. The van der Waals surface area contributed by atoms with Crippen LogP contribution in [0.25, 0.3) is 0 Å². The number of rotatable bonds is 5. The minimum atomic E-state index is 0.301. The Kier molecular flexibility index (Phi) is 6.52. The summed E-state index contributed by atoms with van der Waals surface area (Å²) in [4.78, 5) is 21.6. The number of nitrogens with one attached hydrogen (secondary N) is 2. The minimum Gasteiger partial charge on any atom is -0.367 e. The van der Waals surface area contributed by atoms with E-state index in [2.05, 4.69) is 28.5 Å². The van der Waals surface area contributed by atoms with Crippen molar-refractivity contribution in [1.29, 1.82) is 0 Å². The highest BCUT2D eigenvalue weighted by atomic mass is 35.5. The van der Waals surface area contributed by atoms with E-state index in [4.69, 9.17) is 11.6 Å². The van der Waals surface area contributed by atoms with Crippen molar-refractivity contribution in [3.63, 3.8) is 0 Å². The summed E-state index contributed by atoms with van der Waals surface area (Å²) in [5.41, 5.74) is 1.08. The monoisotopic (exact) mass is 420 g/mol. The number of piperazine rings is 2. The molecule has 2 aromatic rings. The molecule has 2 N–H and O–H groups in total. The molecule has 0 unspecified atom stereocenters. The lowest BCUT2D eigenvalue weighted by molar-refractivity contribution is -1.02. The number of hydrogen-bond acceptors (Lipinski definition) is 3. The second-order valence-electron chi connectivity index (χ2n) is 7.75. The molecule has 4 rings (SSSR count). The van der Waals surface area contributed by atoms with Crippen molar-refractivity contribution in [3.05, 3.63) is 51.7 Å². The Hall–Kier alpha value is -1.60. The van der Waals surface area contributed by atoms with Gasteiger partial charge >= 0.3 is 0 Å². The fraction of sp³-hybridized carbons (Fsp3) is 0.476. The summed E-state index contributed by atoms with van der Waals surface area (Å²) >= 11 is 8.16. The molecule has 1 aromatic heterocycles. The Morgan fingerprint density at radius 2 is 1.68 bits per heavy atom. The van der Waals surface area contributed by atoms with E-state index in [1.54, 1.807) is 4.90 Å². The molecule has 0 aliphatic carbocycles. The number of amides is 1. The first-order chi connectivity index (χ1) is 13.7. The van der Waals surface area contributed by atoms with Crippen molar-refractivity contribution < 1.29 is 14.6 Å². The van der Waals surface area contributed by atoms with Crippen LogP contribution in [0.3, 0.4) is 0 Å². The predicted octanol–water partition coefficient (Wildman–Crippen LogP) is 0.0337. The minimum absolute atomic E-state index is 0.301. The van der Waals surface area contributed by atoms with Gasteiger partial charge in [0.25, 0.3) is 5.91 Å². The zero-order valence-electron chi connectivity index (χ0n) is 16.2. The number of anilines is 1. The van der Waals surface area contributed by atoms with E-state index in [1.807, 2.05) is 34.4 Å². The van der Waals surface area contributed by atoms with E-state index >= 15 is 0 Å². The molecule has 0 saturated carbocycles. The van der Waals surface area contributed by atoms with Crippen LogP contribution in [0.15, 0.2) is 41.8 Å². The van der Waals surface area contributed by atoms with Crippen molar-refractivity contribution in [3.8, 4) is 0 Å². The van der Waals surface area contributed by atoms with Crippen LogP contribution < -0.4 is 14.7 Å². The SMILES string of the molecule is O=C(C[NH+]1CC[NH+](Cc2cccs2)CC1)N1CCN(c2ccccc2Cl)CC1. The van der Waals surface area contributed by atoms with Crippen LogP contribution in [0.1, 0.15) is 4.88 Å². The number of para-hydroxylation sites is 1. The lowest BCUT2D eigenvalue weighted by atomic mass is 10.2. The third kappa shape index (κ3) is 4.87. The van der Waals surface area contributed by atoms with Gasteiger partial charge in [-0.3, -0.25) is 4.79 Å². The molecule has 1 amide bonds. The lowest BCUT2D eigenvalue weighted by Crippen LogP contribution is -3.28. The van der Waals surface area contributed by atoms with Gasteiger partial charge in [-0.05, 0) is 23.6 Å². The van der Waals surface area contributed by atoms with E-state index in [0.717, 1.165) is 69.6 Å². The predicted molar refractivity (Wildman–Crippen MR) is 115 cm³/mol. The Morgan fingerprint density at radius 1 is 0.964 bits per heavy atom. The van der Waals surface area contributed by atoms with Gasteiger partial charge in [0.1, 0.15) is 32.7 Å². The largest absolute Gasteiger partial charge is 0.367 e. The first kappa shape index (κ1) is 19.7. The van der Waals surface area contributed by atoms with E-state index in [-0.39, 0.29) is 0 Å². The summed E-state index contributed by atoms with van der Waals surface area (Å²) in [6.45, 7) is 9.52. The topological polar surface area (TPSA) is 32.4 Å². The molecular weight excluding hydrogens is 392 g/mol. The molecule has 0 atom stereocenters. The molecule has 0 bridgehead atoms. The Labute approximate surface area is 176 Å². The molecule has 28 heavy (non-hydrogen) atoms. The van der Waals surface area contributed by atoms with Crippen molar-refractivity contribution in [2.45, 2.75) is 6.54 Å². The molecule has 2 saturated heterocycles. The number of carbonyl (C=O) groups excluding carboxylic acids is 1. The average Bonchev–Trinajstić information content (AvgIpc) is 3.23. The van der Waals surface area contributed by atoms with E-state index < -0.39 is 0 Å². The second-order valence-corrected chi connectivity index (χ2v) is 9.19. The Balaban J connectivity index is 1.20. The van der Waals surface area contributed by atoms with Crippen LogP contribution in [0.4, 0.5) is 5.69 Å². The van der Waals surface area contributed by atoms with Gasteiger partial charge in [0.15, 0.2) is 6.54 Å². The highest BCUT2D eigenvalue weighted by Gasteiger charge is 2.28. The van der Waals surface area contributed by atoms with Crippen LogP contribution in [0.5, 0.6) is 0 Å². The van der Waals surface area contributed by atoms with Crippen LogP contribution in [-0.4, -0.2) is 69.7 Å².